The standard InChI is InChI=1S/C20H25N3O3S2/c1-15-7-8-19(27-15)28(25,26)22-13-11-21(12-14-22)16(2)20(24)23-10-9-17-5-3-4-6-18(17)23/h3-8,16H,9-14H2,1-2H3. The molecule has 3 heterocycles. The molecule has 0 spiro atoms. The van der Waals surface area contributed by atoms with E-state index in [9.17, 15) is 13.2 Å². The van der Waals surface area contributed by atoms with Gasteiger partial charge < -0.3 is 4.90 Å². The molecule has 4 rings (SSSR count). The van der Waals surface area contributed by atoms with E-state index in [2.05, 4.69) is 11.0 Å². The molecule has 0 bridgehead atoms. The molecule has 28 heavy (non-hydrogen) atoms. The zero-order valence-electron chi connectivity index (χ0n) is 16.2. The monoisotopic (exact) mass is 419 g/mol. The Kier molecular flexibility index (Phi) is 5.30. The van der Waals surface area contributed by atoms with E-state index in [1.807, 2.05) is 43.0 Å². The van der Waals surface area contributed by atoms with Crippen LogP contribution < -0.4 is 4.90 Å². The third-order valence-electron chi connectivity index (χ3n) is 5.64. The van der Waals surface area contributed by atoms with Crippen molar-refractivity contribution >= 4 is 33.0 Å². The van der Waals surface area contributed by atoms with Crippen LogP contribution in [0, 0.1) is 6.92 Å². The molecule has 1 fully saturated rings. The number of anilines is 1. The van der Waals surface area contributed by atoms with Crippen molar-refractivity contribution in [2.45, 2.75) is 30.5 Å². The fourth-order valence-corrected chi connectivity index (χ4v) is 6.82. The Morgan fingerprint density at radius 3 is 2.43 bits per heavy atom. The van der Waals surface area contributed by atoms with Gasteiger partial charge in [0.15, 0.2) is 0 Å². The summed E-state index contributed by atoms with van der Waals surface area (Å²) < 4.78 is 27.5. The number of sulfonamides is 1. The largest absolute Gasteiger partial charge is 0.310 e. The van der Waals surface area contributed by atoms with Crippen LogP contribution in [0.4, 0.5) is 5.69 Å². The molecule has 0 aliphatic carbocycles. The Balaban J connectivity index is 1.40. The van der Waals surface area contributed by atoms with E-state index in [-0.39, 0.29) is 11.9 Å². The van der Waals surface area contributed by atoms with E-state index in [4.69, 9.17) is 0 Å². The van der Waals surface area contributed by atoms with Gasteiger partial charge in [-0.3, -0.25) is 9.69 Å². The zero-order valence-corrected chi connectivity index (χ0v) is 17.8. The number of carbonyl (C=O) groups is 1. The van der Waals surface area contributed by atoms with E-state index < -0.39 is 10.0 Å². The number of rotatable bonds is 4. The van der Waals surface area contributed by atoms with Crippen molar-refractivity contribution < 1.29 is 13.2 Å². The fourth-order valence-electron chi connectivity index (χ4n) is 3.96. The van der Waals surface area contributed by atoms with Gasteiger partial charge in [0, 0.05) is 43.3 Å². The maximum absolute atomic E-state index is 13.1. The van der Waals surface area contributed by atoms with Gasteiger partial charge in [-0.05, 0) is 44.0 Å². The van der Waals surface area contributed by atoms with Gasteiger partial charge in [-0.2, -0.15) is 4.31 Å². The number of amides is 1. The molecule has 1 aromatic heterocycles. The second-order valence-corrected chi connectivity index (χ2v) is 10.8. The molecule has 1 saturated heterocycles. The molecular weight excluding hydrogens is 394 g/mol. The number of hydrogen-bond donors (Lipinski definition) is 0. The summed E-state index contributed by atoms with van der Waals surface area (Å²) in [5.74, 6) is 0.0927. The van der Waals surface area contributed by atoms with Gasteiger partial charge in [0.05, 0.1) is 6.04 Å². The Morgan fingerprint density at radius 1 is 1.04 bits per heavy atom. The molecule has 150 valence electrons. The molecule has 1 amide bonds. The lowest BCUT2D eigenvalue weighted by Crippen LogP contribution is -2.55. The summed E-state index contributed by atoms with van der Waals surface area (Å²) >= 11 is 1.31. The van der Waals surface area contributed by atoms with Crippen molar-refractivity contribution in [3.63, 3.8) is 0 Å². The third-order valence-corrected chi connectivity index (χ3v) is 9.01. The molecule has 1 unspecified atom stereocenters. The van der Waals surface area contributed by atoms with E-state index in [1.54, 1.807) is 6.07 Å². The maximum Gasteiger partial charge on any atom is 0.252 e. The summed E-state index contributed by atoms with van der Waals surface area (Å²) in [5, 5.41) is 0. The first-order valence-electron chi connectivity index (χ1n) is 9.58. The summed E-state index contributed by atoms with van der Waals surface area (Å²) in [7, 11) is -3.44. The van der Waals surface area contributed by atoms with Gasteiger partial charge in [0.25, 0.3) is 10.0 Å². The second-order valence-electron chi connectivity index (χ2n) is 7.35. The minimum atomic E-state index is -3.44. The lowest BCUT2D eigenvalue weighted by molar-refractivity contribution is -0.123. The first-order valence-corrected chi connectivity index (χ1v) is 11.8. The quantitative estimate of drug-likeness (QED) is 0.763. The summed E-state index contributed by atoms with van der Waals surface area (Å²) in [5.41, 5.74) is 2.22. The summed E-state index contributed by atoms with van der Waals surface area (Å²) in [4.78, 5) is 18.0. The molecular formula is C20H25N3O3S2. The molecule has 0 N–H and O–H groups in total. The average Bonchev–Trinajstić information content (AvgIpc) is 3.33. The first kappa shape index (κ1) is 19.6. The van der Waals surface area contributed by atoms with Crippen molar-refractivity contribution in [3.8, 4) is 0 Å². The van der Waals surface area contributed by atoms with Crippen molar-refractivity contribution in [2.75, 3.05) is 37.6 Å². The number of benzene rings is 1. The maximum atomic E-state index is 13.1. The highest BCUT2D eigenvalue weighted by Crippen LogP contribution is 2.29. The number of piperazine rings is 1. The SMILES string of the molecule is Cc1ccc(S(=O)(=O)N2CCN(C(C)C(=O)N3CCc4ccccc43)CC2)s1. The van der Waals surface area contributed by atoms with Crippen molar-refractivity contribution in [2.24, 2.45) is 0 Å². The second kappa shape index (κ2) is 7.59. The van der Waals surface area contributed by atoms with Gasteiger partial charge >= 0.3 is 0 Å². The number of hydrogen-bond acceptors (Lipinski definition) is 5. The average molecular weight is 420 g/mol. The minimum Gasteiger partial charge on any atom is -0.310 e. The highest BCUT2D eigenvalue weighted by atomic mass is 32.2. The Morgan fingerprint density at radius 2 is 1.75 bits per heavy atom. The minimum absolute atomic E-state index is 0.0927. The fraction of sp³-hybridized carbons (Fsp3) is 0.450. The normalized spacial score (nSPS) is 19.6. The van der Waals surface area contributed by atoms with Gasteiger partial charge in [-0.15, -0.1) is 11.3 Å². The summed E-state index contributed by atoms with van der Waals surface area (Å²) in [6.07, 6.45) is 0.890. The van der Waals surface area contributed by atoms with Crippen molar-refractivity contribution in [1.29, 1.82) is 0 Å². The van der Waals surface area contributed by atoms with Crippen LogP contribution in [0.25, 0.3) is 0 Å². The number of para-hydroxylation sites is 1. The third kappa shape index (κ3) is 3.50. The van der Waals surface area contributed by atoms with Crippen molar-refractivity contribution in [3.05, 3.63) is 46.8 Å². The summed E-state index contributed by atoms with van der Waals surface area (Å²) in [6, 6.07) is 11.3. The Labute approximate surface area is 170 Å². The molecule has 1 aromatic carbocycles. The highest BCUT2D eigenvalue weighted by molar-refractivity contribution is 7.91. The van der Waals surface area contributed by atoms with E-state index in [1.165, 1.54) is 21.2 Å². The van der Waals surface area contributed by atoms with Gasteiger partial charge in [0.1, 0.15) is 4.21 Å². The van der Waals surface area contributed by atoms with Crippen LogP contribution in [0.2, 0.25) is 0 Å². The topological polar surface area (TPSA) is 60.9 Å². The Hall–Kier alpha value is -1.74. The van der Waals surface area contributed by atoms with Crippen LogP contribution in [-0.4, -0.2) is 62.3 Å². The van der Waals surface area contributed by atoms with Crippen LogP contribution in [0.15, 0.2) is 40.6 Å². The highest BCUT2D eigenvalue weighted by Gasteiger charge is 2.35. The van der Waals surface area contributed by atoms with E-state index in [0.717, 1.165) is 17.0 Å². The molecule has 2 aromatic rings. The molecule has 2 aliphatic heterocycles. The lowest BCUT2D eigenvalue weighted by Gasteiger charge is -2.37. The van der Waals surface area contributed by atoms with Gasteiger partial charge in [-0.1, -0.05) is 18.2 Å². The van der Waals surface area contributed by atoms with Crippen LogP contribution in [0.5, 0.6) is 0 Å². The molecule has 8 heteroatoms. The number of aryl methyl sites for hydroxylation is 1. The lowest BCUT2D eigenvalue weighted by atomic mass is 10.1. The van der Waals surface area contributed by atoms with Crippen LogP contribution >= 0.6 is 11.3 Å². The van der Waals surface area contributed by atoms with Crippen LogP contribution in [0.1, 0.15) is 17.4 Å². The van der Waals surface area contributed by atoms with Crippen molar-refractivity contribution in [1.82, 2.24) is 9.21 Å². The van der Waals surface area contributed by atoms with Gasteiger partial charge in [-0.25, -0.2) is 8.42 Å². The molecule has 0 saturated carbocycles. The van der Waals surface area contributed by atoms with E-state index in [0.29, 0.717) is 36.9 Å². The molecule has 1 atom stereocenters. The van der Waals surface area contributed by atoms with Gasteiger partial charge in [0.2, 0.25) is 5.91 Å². The molecule has 6 nitrogen and oxygen atoms in total. The summed E-state index contributed by atoms with van der Waals surface area (Å²) in [6.45, 7) is 6.50. The van der Waals surface area contributed by atoms with E-state index >= 15 is 0 Å². The predicted octanol–water partition coefficient (Wildman–Crippen LogP) is 2.34. The number of fused-ring (bicyclic) bond motifs is 1. The first-order chi connectivity index (χ1) is 13.4. The number of thiophene rings is 1. The zero-order chi connectivity index (χ0) is 19.9. The van der Waals surface area contributed by atoms with Crippen LogP contribution in [-0.2, 0) is 21.2 Å². The number of nitrogens with zero attached hydrogens (tertiary/aromatic N) is 3. The Bertz CT molecular complexity index is 978. The predicted molar refractivity (Wildman–Crippen MR) is 111 cm³/mol. The smallest absolute Gasteiger partial charge is 0.252 e. The number of carbonyl (C=O) groups excluding carboxylic acids is 1. The molecule has 0 radical (unpaired) electrons. The van der Waals surface area contributed by atoms with Crippen LogP contribution in [0.3, 0.4) is 0 Å². The molecule has 2 aliphatic rings.